The molecule has 1 heterocycles. The molecule has 0 radical (unpaired) electrons. The molecule has 0 saturated heterocycles. The van der Waals surface area contributed by atoms with Crippen molar-refractivity contribution in [1.82, 2.24) is 15.0 Å². The Labute approximate surface area is 161 Å². The maximum Gasteiger partial charge on any atom is 0.471 e. The van der Waals surface area contributed by atoms with Gasteiger partial charge in [-0.15, -0.1) is 0 Å². The number of nitrogens with zero attached hydrogens (tertiary/aromatic N) is 3. The zero-order valence-corrected chi connectivity index (χ0v) is 15.8. The lowest BCUT2D eigenvalue weighted by Gasteiger charge is -2.29. The van der Waals surface area contributed by atoms with Crippen LogP contribution in [0.4, 0.5) is 13.2 Å². The van der Waals surface area contributed by atoms with Crippen LogP contribution in [-0.4, -0.2) is 27.0 Å². The molecule has 0 spiro atoms. The Balaban J connectivity index is 1.76. The highest BCUT2D eigenvalue weighted by atomic mass is 19.4. The van der Waals surface area contributed by atoms with E-state index in [1.807, 2.05) is 24.8 Å². The lowest BCUT2D eigenvalue weighted by Crippen LogP contribution is -2.38. The van der Waals surface area contributed by atoms with E-state index in [1.54, 1.807) is 24.3 Å². The molecular weight excluding hydrogens is 371 g/mol. The summed E-state index contributed by atoms with van der Waals surface area (Å²) in [4.78, 5) is 18.1. The minimum atomic E-state index is -4.67. The average Bonchev–Trinajstić information content (AvgIpc) is 3.37. The first-order valence-corrected chi connectivity index (χ1v) is 9.29. The van der Waals surface area contributed by atoms with E-state index >= 15 is 0 Å². The number of benzene rings is 1. The molecular formula is C20H22F3N3O2. The molecule has 0 N–H and O–H groups in total. The SMILES string of the molecule is CCC(C)N(Cc1ccc(-c2noc(C(F)(F)F)n2)cc1)C(=O)C1=CCCC1. The van der Waals surface area contributed by atoms with Crippen LogP contribution in [0.2, 0.25) is 0 Å². The van der Waals surface area contributed by atoms with Gasteiger partial charge in [0, 0.05) is 23.7 Å². The van der Waals surface area contributed by atoms with Crippen molar-refractivity contribution in [2.75, 3.05) is 0 Å². The van der Waals surface area contributed by atoms with Crippen molar-refractivity contribution in [2.24, 2.45) is 0 Å². The molecule has 0 saturated carbocycles. The molecule has 0 fully saturated rings. The van der Waals surface area contributed by atoms with E-state index in [0.29, 0.717) is 12.1 Å². The zero-order chi connectivity index (χ0) is 20.3. The Morgan fingerprint density at radius 3 is 2.54 bits per heavy atom. The second kappa shape index (κ2) is 8.16. The normalized spacial score (nSPS) is 15.4. The molecule has 1 atom stereocenters. The first kappa shape index (κ1) is 20.1. The van der Waals surface area contributed by atoms with Crippen LogP contribution in [0.15, 0.2) is 40.4 Å². The second-order valence-electron chi connectivity index (χ2n) is 6.93. The smallest absolute Gasteiger partial charge is 0.332 e. The largest absolute Gasteiger partial charge is 0.471 e. The molecule has 1 aliphatic rings. The van der Waals surface area contributed by atoms with Crippen LogP contribution in [0.25, 0.3) is 11.4 Å². The van der Waals surface area contributed by atoms with Gasteiger partial charge < -0.3 is 9.42 Å². The predicted octanol–water partition coefficient (Wildman–Crippen LogP) is 4.99. The highest BCUT2D eigenvalue weighted by molar-refractivity contribution is 5.94. The summed E-state index contributed by atoms with van der Waals surface area (Å²) in [5.74, 6) is -1.43. The van der Waals surface area contributed by atoms with Gasteiger partial charge in [0.1, 0.15) is 0 Å². The van der Waals surface area contributed by atoms with Gasteiger partial charge in [0.2, 0.25) is 11.7 Å². The van der Waals surface area contributed by atoms with Gasteiger partial charge in [-0.1, -0.05) is 42.4 Å². The summed E-state index contributed by atoms with van der Waals surface area (Å²) < 4.78 is 42.1. The van der Waals surface area contributed by atoms with E-state index in [9.17, 15) is 18.0 Å². The number of carbonyl (C=O) groups is 1. The number of allylic oxidation sites excluding steroid dienone is 1. The third kappa shape index (κ3) is 4.43. The number of alkyl halides is 3. The van der Waals surface area contributed by atoms with Crippen LogP contribution in [-0.2, 0) is 17.5 Å². The van der Waals surface area contributed by atoms with E-state index in [0.717, 1.165) is 36.8 Å². The summed E-state index contributed by atoms with van der Waals surface area (Å²) in [7, 11) is 0. The molecule has 150 valence electrons. The standard InChI is InChI=1S/C20H22F3N3O2/c1-3-13(2)26(18(27)16-6-4-5-7-16)12-14-8-10-15(11-9-14)17-24-19(28-25-17)20(21,22)23/h6,8-11,13H,3-5,7,12H2,1-2H3. The Morgan fingerprint density at radius 1 is 1.29 bits per heavy atom. The van der Waals surface area contributed by atoms with E-state index < -0.39 is 12.1 Å². The van der Waals surface area contributed by atoms with Gasteiger partial charge in [0.15, 0.2) is 0 Å². The van der Waals surface area contributed by atoms with Crippen LogP contribution in [0.3, 0.4) is 0 Å². The van der Waals surface area contributed by atoms with Crippen molar-refractivity contribution >= 4 is 5.91 Å². The fourth-order valence-electron chi connectivity index (χ4n) is 3.11. The summed E-state index contributed by atoms with van der Waals surface area (Å²) in [5.41, 5.74) is 2.17. The molecule has 8 heteroatoms. The molecule has 5 nitrogen and oxygen atoms in total. The molecule has 0 aliphatic heterocycles. The number of hydrogen-bond donors (Lipinski definition) is 0. The van der Waals surface area contributed by atoms with E-state index in [2.05, 4.69) is 14.7 Å². The first-order valence-electron chi connectivity index (χ1n) is 9.29. The van der Waals surface area contributed by atoms with Crippen molar-refractivity contribution in [2.45, 2.75) is 58.3 Å². The first-order chi connectivity index (χ1) is 13.3. The molecule has 0 bridgehead atoms. The molecule has 3 rings (SSSR count). The van der Waals surface area contributed by atoms with Crippen LogP contribution in [0, 0.1) is 0 Å². The summed E-state index contributed by atoms with van der Waals surface area (Å²) in [6.07, 6.45) is 0.931. The summed E-state index contributed by atoms with van der Waals surface area (Å²) in [5, 5.41) is 3.39. The van der Waals surface area contributed by atoms with Crippen molar-refractivity contribution in [3.05, 3.63) is 47.4 Å². The lowest BCUT2D eigenvalue weighted by atomic mass is 10.1. The summed E-state index contributed by atoms with van der Waals surface area (Å²) in [6.45, 7) is 4.48. The summed E-state index contributed by atoms with van der Waals surface area (Å²) in [6, 6.07) is 6.89. The maximum absolute atomic E-state index is 12.9. The third-order valence-corrected chi connectivity index (χ3v) is 4.93. The fourth-order valence-corrected chi connectivity index (χ4v) is 3.11. The second-order valence-corrected chi connectivity index (χ2v) is 6.93. The van der Waals surface area contributed by atoms with E-state index in [4.69, 9.17) is 0 Å². The highest BCUT2D eigenvalue weighted by Gasteiger charge is 2.38. The number of rotatable bonds is 6. The number of aromatic nitrogens is 2. The van der Waals surface area contributed by atoms with Gasteiger partial charge in [-0.2, -0.15) is 18.2 Å². The Bertz CT molecular complexity index is 856. The molecule has 1 aromatic heterocycles. The highest BCUT2D eigenvalue weighted by Crippen LogP contribution is 2.29. The van der Waals surface area contributed by atoms with Crippen LogP contribution in [0.1, 0.15) is 51.0 Å². The minimum absolute atomic E-state index is 0.0592. The van der Waals surface area contributed by atoms with Gasteiger partial charge in [0.05, 0.1) is 0 Å². The quantitative estimate of drug-likeness (QED) is 0.694. The van der Waals surface area contributed by atoms with Crippen molar-refractivity contribution in [1.29, 1.82) is 0 Å². The van der Waals surface area contributed by atoms with Gasteiger partial charge in [0.25, 0.3) is 0 Å². The molecule has 2 aromatic rings. The van der Waals surface area contributed by atoms with Crippen LogP contribution < -0.4 is 0 Å². The van der Waals surface area contributed by atoms with E-state index in [-0.39, 0.29) is 17.8 Å². The van der Waals surface area contributed by atoms with Gasteiger partial charge in [-0.3, -0.25) is 4.79 Å². The minimum Gasteiger partial charge on any atom is -0.332 e. The van der Waals surface area contributed by atoms with Crippen molar-refractivity contribution < 1.29 is 22.5 Å². The monoisotopic (exact) mass is 393 g/mol. The van der Waals surface area contributed by atoms with Gasteiger partial charge in [-0.25, -0.2) is 0 Å². The number of halogens is 3. The van der Waals surface area contributed by atoms with Crippen LogP contribution in [0.5, 0.6) is 0 Å². The lowest BCUT2D eigenvalue weighted by molar-refractivity contribution is -0.159. The van der Waals surface area contributed by atoms with Crippen molar-refractivity contribution in [3.63, 3.8) is 0 Å². The number of amides is 1. The van der Waals surface area contributed by atoms with Gasteiger partial charge in [-0.05, 0) is 38.2 Å². The Kier molecular flexibility index (Phi) is 5.86. The fraction of sp³-hybridized carbons (Fsp3) is 0.450. The Morgan fingerprint density at radius 2 is 2.00 bits per heavy atom. The average molecular weight is 393 g/mol. The van der Waals surface area contributed by atoms with Gasteiger partial charge >= 0.3 is 12.1 Å². The third-order valence-electron chi connectivity index (χ3n) is 4.93. The number of hydrogen-bond acceptors (Lipinski definition) is 4. The molecule has 1 aliphatic carbocycles. The Hall–Kier alpha value is -2.64. The molecule has 28 heavy (non-hydrogen) atoms. The molecule has 1 amide bonds. The zero-order valence-electron chi connectivity index (χ0n) is 15.8. The molecule has 1 aromatic carbocycles. The maximum atomic E-state index is 12.9. The summed E-state index contributed by atoms with van der Waals surface area (Å²) >= 11 is 0. The van der Waals surface area contributed by atoms with Crippen LogP contribution >= 0.6 is 0 Å². The molecule has 1 unspecified atom stereocenters. The predicted molar refractivity (Wildman–Crippen MR) is 97.0 cm³/mol. The van der Waals surface area contributed by atoms with Crippen molar-refractivity contribution in [3.8, 4) is 11.4 Å². The topological polar surface area (TPSA) is 59.2 Å². The number of carbonyl (C=O) groups excluding carboxylic acids is 1. The van der Waals surface area contributed by atoms with E-state index in [1.165, 1.54) is 0 Å².